The van der Waals surface area contributed by atoms with Gasteiger partial charge in [0.1, 0.15) is 0 Å². The summed E-state index contributed by atoms with van der Waals surface area (Å²) >= 11 is 4.96. The second kappa shape index (κ2) is 7.15. The second-order valence-electron chi connectivity index (χ2n) is 3.70. The standard InChI is InChI=1S/C10H22N2OS/c1-5-12(9(3)7-13-4)6-8(2)10(11)14/h8-9H,5-7H2,1-4H3,(H2,11,14). The molecular weight excluding hydrogens is 196 g/mol. The molecule has 0 saturated carbocycles. The van der Waals surface area contributed by atoms with E-state index in [4.69, 9.17) is 22.7 Å². The Labute approximate surface area is 92.6 Å². The Balaban J connectivity index is 4.07. The molecule has 0 fully saturated rings. The highest BCUT2D eigenvalue weighted by Crippen LogP contribution is 2.05. The Kier molecular flexibility index (Phi) is 7.05. The highest BCUT2D eigenvalue weighted by Gasteiger charge is 2.15. The highest BCUT2D eigenvalue weighted by atomic mass is 32.1. The van der Waals surface area contributed by atoms with Crippen LogP contribution in [0.25, 0.3) is 0 Å². The first kappa shape index (κ1) is 13.8. The number of nitrogens with zero attached hydrogens (tertiary/aromatic N) is 1. The first-order valence-electron chi connectivity index (χ1n) is 5.05. The molecule has 0 aliphatic rings. The van der Waals surface area contributed by atoms with Crippen molar-refractivity contribution in [3.05, 3.63) is 0 Å². The monoisotopic (exact) mass is 218 g/mol. The smallest absolute Gasteiger partial charge is 0.0768 e. The van der Waals surface area contributed by atoms with E-state index >= 15 is 0 Å². The Hall–Kier alpha value is -0.190. The average Bonchev–Trinajstić information content (AvgIpc) is 2.13. The Morgan fingerprint density at radius 1 is 1.50 bits per heavy atom. The molecule has 4 heteroatoms. The van der Waals surface area contributed by atoms with E-state index in [1.807, 2.05) is 0 Å². The molecule has 0 aliphatic carbocycles. The van der Waals surface area contributed by atoms with Gasteiger partial charge in [0.2, 0.25) is 0 Å². The molecule has 0 aromatic carbocycles. The van der Waals surface area contributed by atoms with E-state index in [9.17, 15) is 0 Å². The van der Waals surface area contributed by atoms with Gasteiger partial charge in [0.25, 0.3) is 0 Å². The fraction of sp³-hybridized carbons (Fsp3) is 0.900. The molecule has 2 atom stereocenters. The van der Waals surface area contributed by atoms with Gasteiger partial charge in [-0.1, -0.05) is 26.1 Å². The molecular formula is C10H22N2OS. The first-order chi connectivity index (χ1) is 6.52. The van der Waals surface area contributed by atoms with E-state index < -0.39 is 0 Å². The number of ether oxygens (including phenoxy) is 1. The Morgan fingerprint density at radius 3 is 2.43 bits per heavy atom. The minimum Gasteiger partial charge on any atom is -0.393 e. The van der Waals surface area contributed by atoms with Crippen LogP contribution in [0.2, 0.25) is 0 Å². The van der Waals surface area contributed by atoms with Crippen molar-refractivity contribution in [2.45, 2.75) is 26.8 Å². The van der Waals surface area contributed by atoms with Crippen molar-refractivity contribution in [3.8, 4) is 0 Å². The molecule has 0 amide bonds. The molecule has 0 aliphatic heterocycles. The quantitative estimate of drug-likeness (QED) is 0.653. The third-order valence-corrected chi connectivity index (χ3v) is 2.83. The molecule has 2 N–H and O–H groups in total. The summed E-state index contributed by atoms with van der Waals surface area (Å²) in [6.45, 7) is 9.01. The van der Waals surface area contributed by atoms with Gasteiger partial charge in [-0.15, -0.1) is 0 Å². The number of methoxy groups -OCH3 is 1. The Morgan fingerprint density at radius 2 is 2.07 bits per heavy atom. The third-order valence-electron chi connectivity index (χ3n) is 2.43. The topological polar surface area (TPSA) is 38.5 Å². The lowest BCUT2D eigenvalue weighted by molar-refractivity contribution is 0.0987. The average molecular weight is 218 g/mol. The zero-order valence-corrected chi connectivity index (χ0v) is 10.4. The molecule has 2 unspecified atom stereocenters. The lowest BCUT2D eigenvalue weighted by Crippen LogP contribution is -2.41. The van der Waals surface area contributed by atoms with Crippen LogP contribution in [-0.2, 0) is 4.74 Å². The number of thiocarbonyl (C=S) groups is 1. The van der Waals surface area contributed by atoms with Gasteiger partial charge in [0.05, 0.1) is 11.6 Å². The largest absolute Gasteiger partial charge is 0.393 e. The molecule has 0 aromatic heterocycles. The molecule has 0 radical (unpaired) electrons. The van der Waals surface area contributed by atoms with Crippen molar-refractivity contribution in [1.29, 1.82) is 0 Å². The van der Waals surface area contributed by atoms with Gasteiger partial charge in [-0.2, -0.15) is 0 Å². The number of nitrogens with two attached hydrogens (primary N) is 1. The number of hydrogen-bond donors (Lipinski definition) is 1. The predicted molar refractivity (Wildman–Crippen MR) is 64.5 cm³/mol. The fourth-order valence-electron chi connectivity index (χ4n) is 1.41. The SMILES string of the molecule is CCN(CC(C)C(N)=S)C(C)COC. The number of rotatable bonds is 7. The van der Waals surface area contributed by atoms with Gasteiger partial charge in [0.15, 0.2) is 0 Å². The van der Waals surface area contributed by atoms with Crippen LogP contribution >= 0.6 is 12.2 Å². The van der Waals surface area contributed by atoms with Gasteiger partial charge in [-0.05, 0) is 13.5 Å². The summed E-state index contributed by atoms with van der Waals surface area (Å²) in [6.07, 6.45) is 0. The fourth-order valence-corrected chi connectivity index (χ4v) is 1.48. The van der Waals surface area contributed by atoms with Crippen LogP contribution in [0.4, 0.5) is 0 Å². The first-order valence-corrected chi connectivity index (χ1v) is 5.46. The molecule has 3 nitrogen and oxygen atoms in total. The predicted octanol–water partition coefficient (Wildman–Crippen LogP) is 1.27. The van der Waals surface area contributed by atoms with Crippen LogP contribution in [0, 0.1) is 5.92 Å². The minimum absolute atomic E-state index is 0.268. The maximum atomic E-state index is 5.59. The highest BCUT2D eigenvalue weighted by molar-refractivity contribution is 7.80. The molecule has 0 rings (SSSR count). The minimum atomic E-state index is 0.268. The van der Waals surface area contributed by atoms with Crippen molar-refractivity contribution in [2.75, 3.05) is 26.8 Å². The van der Waals surface area contributed by atoms with Gasteiger partial charge < -0.3 is 10.5 Å². The van der Waals surface area contributed by atoms with E-state index in [1.54, 1.807) is 7.11 Å². The maximum Gasteiger partial charge on any atom is 0.0768 e. The van der Waals surface area contributed by atoms with Crippen molar-refractivity contribution in [1.82, 2.24) is 4.90 Å². The summed E-state index contributed by atoms with van der Waals surface area (Å²) < 4.78 is 5.12. The van der Waals surface area contributed by atoms with Crippen LogP contribution in [0.5, 0.6) is 0 Å². The number of hydrogen-bond acceptors (Lipinski definition) is 3. The molecule has 0 spiro atoms. The van der Waals surface area contributed by atoms with Crippen molar-refractivity contribution >= 4 is 17.2 Å². The van der Waals surface area contributed by atoms with Crippen LogP contribution in [0.15, 0.2) is 0 Å². The van der Waals surface area contributed by atoms with Gasteiger partial charge >= 0.3 is 0 Å². The van der Waals surface area contributed by atoms with Crippen molar-refractivity contribution in [2.24, 2.45) is 11.7 Å². The van der Waals surface area contributed by atoms with E-state index in [2.05, 4.69) is 25.7 Å². The summed E-state index contributed by atoms with van der Waals surface area (Å²) in [5, 5.41) is 0. The van der Waals surface area contributed by atoms with E-state index in [0.717, 1.165) is 19.7 Å². The maximum absolute atomic E-state index is 5.59. The molecule has 0 bridgehead atoms. The van der Waals surface area contributed by atoms with Gasteiger partial charge in [-0.3, -0.25) is 4.90 Å². The normalized spacial score (nSPS) is 15.5. The molecule has 0 saturated heterocycles. The zero-order valence-electron chi connectivity index (χ0n) is 9.62. The van der Waals surface area contributed by atoms with Crippen LogP contribution in [0.3, 0.4) is 0 Å². The molecule has 0 aromatic rings. The van der Waals surface area contributed by atoms with Crippen LogP contribution in [0.1, 0.15) is 20.8 Å². The van der Waals surface area contributed by atoms with Crippen LogP contribution < -0.4 is 5.73 Å². The lowest BCUT2D eigenvalue weighted by atomic mass is 10.1. The van der Waals surface area contributed by atoms with Crippen molar-refractivity contribution < 1.29 is 4.74 Å². The lowest BCUT2D eigenvalue weighted by Gasteiger charge is -2.29. The van der Waals surface area contributed by atoms with E-state index in [1.165, 1.54) is 0 Å². The summed E-state index contributed by atoms with van der Waals surface area (Å²) in [4.78, 5) is 2.92. The van der Waals surface area contributed by atoms with Crippen molar-refractivity contribution in [3.63, 3.8) is 0 Å². The van der Waals surface area contributed by atoms with E-state index in [0.29, 0.717) is 11.0 Å². The molecule has 84 valence electrons. The summed E-state index contributed by atoms with van der Waals surface area (Å²) in [6, 6.07) is 0.418. The summed E-state index contributed by atoms with van der Waals surface area (Å²) in [7, 11) is 1.72. The summed E-state index contributed by atoms with van der Waals surface area (Å²) in [5.74, 6) is 0.268. The van der Waals surface area contributed by atoms with Gasteiger partial charge in [-0.25, -0.2) is 0 Å². The Bertz CT molecular complexity index is 176. The second-order valence-corrected chi connectivity index (χ2v) is 4.17. The van der Waals surface area contributed by atoms with Gasteiger partial charge in [0, 0.05) is 25.6 Å². The number of likely N-dealkylation sites (N-methyl/N-ethyl adjacent to an activating group) is 1. The zero-order chi connectivity index (χ0) is 11.1. The summed E-state index contributed by atoms with van der Waals surface area (Å²) in [5.41, 5.74) is 5.59. The van der Waals surface area contributed by atoms with E-state index in [-0.39, 0.29) is 5.92 Å². The molecule has 14 heavy (non-hydrogen) atoms. The third kappa shape index (κ3) is 4.88. The molecule has 0 heterocycles. The van der Waals surface area contributed by atoms with Crippen LogP contribution in [-0.4, -0.2) is 42.7 Å².